The number of amides is 1. The second kappa shape index (κ2) is 5.83. The van der Waals surface area contributed by atoms with E-state index in [9.17, 15) is 4.79 Å². The van der Waals surface area contributed by atoms with Gasteiger partial charge in [-0.15, -0.1) is 0 Å². The summed E-state index contributed by atoms with van der Waals surface area (Å²) in [7, 11) is 1.60. The van der Waals surface area contributed by atoms with Gasteiger partial charge < -0.3 is 15.0 Å². The number of rotatable bonds is 4. The van der Waals surface area contributed by atoms with Crippen LogP contribution in [-0.2, 0) is 0 Å². The molecule has 2 fully saturated rings. The molecule has 1 N–H and O–H groups in total. The zero-order chi connectivity index (χ0) is 13.9. The van der Waals surface area contributed by atoms with Crippen LogP contribution in [0.1, 0.15) is 36.0 Å². The van der Waals surface area contributed by atoms with E-state index in [0.717, 1.165) is 32.0 Å². The van der Waals surface area contributed by atoms with Gasteiger partial charge in [0.1, 0.15) is 5.75 Å². The number of likely N-dealkylation sites (tertiary alicyclic amines) is 1. The number of ether oxygens (including phenoxy) is 1. The topological polar surface area (TPSA) is 41.6 Å². The number of hydrogen-bond donors (Lipinski definition) is 1. The monoisotopic (exact) mass is 274 g/mol. The molecule has 4 nitrogen and oxygen atoms in total. The fourth-order valence-electron chi connectivity index (χ4n) is 2.94. The first-order valence-electron chi connectivity index (χ1n) is 7.46. The quantitative estimate of drug-likeness (QED) is 0.913. The fourth-order valence-corrected chi connectivity index (χ4v) is 2.94. The number of hydrogen-bond acceptors (Lipinski definition) is 3. The Morgan fingerprint density at radius 1 is 1.20 bits per heavy atom. The van der Waals surface area contributed by atoms with E-state index in [1.807, 2.05) is 24.3 Å². The average molecular weight is 274 g/mol. The highest BCUT2D eigenvalue weighted by Crippen LogP contribution is 2.29. The van der Waals surface area contributed by atoms with E-state index in [-0.39, 0.29) is 5.91 Å². The third kappa shape index (κ3) is 2.96. The standard InChI is InChI=1S/C16H22N2O2/c1-20-15-5-3-2-4-14(15)16(19)17-12-8-10-18(11-9-12)13-6-7-13/h2-5,12-13H,6-11H2,1H3,(H,17,19). The van der Waals surface area contributed by atoms with Crippen LogP contribution >= 0.6 is 0 Å². The summed E-state index contributed by atoms with van der Waals surface area (Å²) >= 11 is 0. The largest absolute Gasteiger partial charge is 0.496 e. The lowest BCUT2D eigenvalue weighted by Gasteiger charge is -2.32. The molecular weight excluding hydrogens is 252 g/mol. The van der Waals surface area contributed by atoms with Gasteiger partial charge in [0.05, 0.1) is 12.7 Å². The zero-order valence-electron chi connectivity index (χ0n) is 12.0. The first kappa shape index (κ1) is 13.4. The molecule has 1 saturated carbocycles. The summed E-state index contributed by atoms with van der Waals surface area (Å²) in [6, 6.07) is 8.51. The maximum absolute atomic E-state index is 12.3. The number of carbonyl (C=O) groups excluding carboxylic acids is 1. The molecule has 20 heavy (non-hydrogen) atoms. The van der Waals surface area contributed by atoms with Gasteiger partial charge in [-0.25, -0.2) is 0 Å². The fraction of sp³-hybridized carbons (Fsp3) is 0.562. The van der Waals surface area contributed by atoms with Crippen molar-refractivity contribution < 1.29 is 9.53 Å². The number of para-hydroxylation sites is 1. The molecule has 0 atom stereocenters. The van der Waals surface area contributed by atoms with E-state index in [1.54, 1.807) is 7.11 Å². The van der Waals surface area contributed by atoms with E-state index in [1.165, 1.54) is 12.8 Å². The number of benzene rings is 1. The molecule has 0 unspecified atom stereocenters. The minimum atomic E-state index is -0.0210. The lowest BCUT2D eigenvalue weighted by atomic mass is 10.0. The Hall–Kier alpha value is -1.55. The van der Waals surface area contributed by atoms with Crippen LogP contribution in [0.4, 0.5) is 0 Å². The van der Waals surface area contributed by atoms with Crippen LogP contribution in [0.2, 0.25) is 0 Å². The summed E-state index contributed by atoms with van der Waals surface area (Å²) < 4.78 is 5.24. The number of nitrogens with one attached hydrogen (secondary N) is 1. The van der Waals surface area contributed by atoms with Crippen molar-refractivity contribution in [2.45, 2.75) is 37.8 Å². The molecule has 0 aromatic heterocycles. The maximum Gasteiger partial charge on any atom is 0.255 e. The maximum atomic E-state index is 12.3. The van der Waals surface area contributed by atoms with E-state index in [2.05, 4.69) is 10.2 Å². The van der Waals surface area contributed by atoms with Gasteiger partial charge in [-0.3, -0.25) is 4.79 Å². The van der Waals surface area contributed by atoms with Gasteiger partial charge in [-0.05, 0) is 37.8 Å². The van der Waals surface area contributed by atoms with Gasteiger partial charge in [-0.1, -0.05) is 12.1 Å². The lowest BCUT2D eigenvalue weighted by molar-refractivity contribution is 0.0906. The second-order valence-corrected chi connectivity index (χ2v) is 5.72. The van der Waals surface area contributed by atoms with E-state index < -0.39 is 0 Å². The summed E-state index contributed by atoms with van der Waals surface area (Å²) in [4.78, 5) is 14.9. The number of nitrogens with zero attached hydrogens (tertiary/aromatic N) is 1. The minimum absolute atomic E-state index is 0.0210. The van der Waals surface area contributed by atoms with Crippen LogP contribution in [0.3, 0.4) is 0 Å². The van der Waals surface area contributed by atoms with Crippen molar-refractivity contribution in [2.24, 2.45) is 0 Å². The Bertz CT molecular complexity index is 477. The lowest BCUT2D eigenvalue weighted by Crippen LogP contribution is -2.45. The van der Waals surface area contributed by atoms with Gasteiger partial charge in [0.15, 0.2) is 0 Å². The molecule has 1 amide bonds. The van der Waals surface area contributed by atoms with Gasteiger partial charge in [0.2, 0.25) is 0 Å². The highest BCUT2D eigenvalue weighted by atomic mass is 16.5. The molecule has 0 bridgehead atoms. The molecule has 1 saturated heterocycles. The predicted octanol–water partition coefficient (Wildman–Crippen LogP) is 2.05. The highest BCUT2D eigenvalue weighted by Gasteiger charge is 2.32. The van der Waals surface area contributed by atoms with Gasteiger partial charge >= 0.3 is 0 Å². The van der Waals surface area contributed by atoms with Crippen LogP contribution in [0.15, 0.2) is 24.3 Å². The Morgan fingerprint density at radius 3 is 2.55 bits per heavy atom. The molecule has 4 heteroatoms. The molecule has 0 radical (unpaired) electrons. The van der Waals surface area contributed by atoms with Crippen molar-refractivity contribution >= 4 is 5.91 Å². The van der Waals surface area contributed by atoms with Crippen molar-refractivity contribution in [2.75, 3.05) is 20.2 Å². The van der Waals surface area contributed by atoms with Crippen LogP contribution in [0.5, 0.6) is 5.75 Å². The van der Waals surface area contributed by atoms with Crippen LogP contribution in [-0.4, -0.2) is 43.1 Å². The van der Waals surface area contributed by atoms with Gasteiger partial charge in [0, 0.05) is 25.2 Å². The van der Waals surface area contributed by atoms with Gasteiger partial charge in [0.25, 0.3) is 5.91 Å². The smallest absolute Gasteiger partial charge is 0.255 e. The summed E-state index contributed by atoms with van der Waals surface area (Å²) in [5.74, 6) is 0.618. The van der Waals surface area contributed by atoms with E-state index in [0.29, 0.717) is 17.4 Å². The number of methoxy groups -OCH3 is 1. The van der Waals surface area contributed by atoms with Crippen molar-refractivity contribution in [3.8, 4) is 5.75 Å². The van der Waals surface area contributed by atoms with Crippen molar-refractivity contribution in [1.29, 1.82) is 0 Å². The molecule has 1 heterocycles. The third-order valence-corrected chi connectivity index (χ3v) is 4.28. The second-order valence-electron chi connectivity index (χ2n) is 5.72. The summed E-state index contributed by atoms with van der Waals surface area (Å²) in [6.45, 7) is 2.23. The first-order chi connectivity index (χ1) is 9.78. The normalized spacial score (nSPS) is 20.6. The highest BCUT2D eigenvalue weighted by molar-refractivity contribution is 5.97. The molecule has 1 aliphatic heterocycles. The third-order valence-electron chi connectivity index (χ3n) is 4.28. The summed E-state index contributed by atoms with van der Waals surface area (Å²) in [6.07, 6.45) is 4.82. The molecule has 1 aromatic rings. The molecule has 3 rings (SSSR count). The average Bonchev–Trinajstić information content (AvgIpc) is 3.32. The molecule has 1 aliphatic carbocycles. The first-order valence-corrected chi connectivity index (χ1v) is 7.46. The zero-order valence-corrected chi connectivity index (χ0v) is 12.0. The van der Waals surface area contributed by atoms with E-state index in [4.69, 9.17) is 4.74 Å². The van der Waals surface area contributed by atoms with Crippen LogP contribution in [0.25, 0.3) is 0 Å². The van der Waals surface area contributed by atoms with Crippen LogP contribution in [0, 0.1) is 0 Å². The Balaban J connectivity index is 1.56. The Morgan fingerprint density at radius 2 is 1.90 bits per heavy atom. The molecule has 108 valence electrons. The van der Waals surface area contributed by atoms with Crippen LogP contribution < -0.4 is 10.1 Å². The molecular formula is C16H22N2O2. The SMILES string of the molecule is COc1ccccc1C(=O)NC1CCN(C2CC2)CC1. The minimum Gasteiger partial charge on any atom is -0.496 e. The van der Waals surface area contributed by atoms with Crippen molar-refractivity contribution in [3.63, 3.8) is 0 Å². The molecule has 2 aliphatic rings. The Kier molecular flexibility index (Phi) is 3.92. The molecule has 0 spiro atoms. The summed E-state index contributed by atoms with van der Waals surface area (Å²) in [5, 5.41) is 3.14. The van der Waals surface area contributed by atoms with E-state index >= 15 is 0 Å². The predicted molar refractivity (Wildman–Crippen MR) is 78.1 cm³/mol. The molecule has 1 aromatic carbocycles. The Labute approximate surface area is 120 Å². The number of carbonyl (C=O) groups is 1. The van der Waals surface area contributed by atoms with Crippen molar-refractivity contribution in [1.82, 2.24) is 10.2 Å². The summed E-state index contributed by atoms with van der Waals surface area (Å²) in [5.41, 5.74) is 0.625. The van der Waals surface area contributed by atoms with Gasteiger partial charge in [-0.2, -0.15) is 0 Å². The van der Waals surface area contributed by atoms with Crippen molar-refractivity contribution in [3.05, 3.63) is 29.8 Å². The number of piperidine rings is 1.